The third kappa shape index (κ3) is 2.66. The van der Waals surface area contributed by atoms with Crippen LogP contribution in [0.25, 0.3) is 0 Å². The monoisotopic (exact) mass is 292 g/mol. The van der Waals surface area contributed by atoms with Crippen LogP contribution in [0.15, 0.2) is 12.4 Å². The third-order valence-corrected chi connectivity index (χ3v) is 4.58. The Bertz CT molecular complexity index is 534. The summed E-state index contributed by atoms with van der Waals surface area (Å²) < 4.78 is 1.94. The highest BCUT2D eigenvalue weighted by molar-refractivity contribution is 5.99. The van der Waals surface area contributed by atoms with Crippen molar-refractivity contribution in [1.29, 1.82) is 0 Å². The van der Waals surface area contributed by atoms with Crippen molar-refractivity contribution in [3.8, 4) is 0 Å². The molecule has 21 heavy (non-hydrogen) atoms. The number of carbonyl (C=O) groups excluding carboxylic acids is 2. The van der Waals surface area contributed by atoms with E-state index in [1.807, 2.05) is 31.7 Å². The van der Waals surface area contributed by atoms with Crippen LogP contribution >= 0.6 is 0 Å². The summed E-state index contributed by atoms with van der Waals surface area (Å²) in [6.45, 7) is 6.17. The van der Waals surface area contributed by atoms with Gasteiger partial charge in [0.05, 0.1) is 0 Å². The minimum atomic E-state index is -0.745. The molecule has 0 bridgehead atoms. The Hall–Kier alpha value is -1.85. The highest BCUT2D eigenvalue weighted by Gasteiger charge is 2.47. The number of rotatable bonds is 5. The lowest BCUT2D eigenvalue weighted by Crippen LogP contribution is -2.69. The largest absolute Gasteiger partial charge is 0.340 e. The van der Waals surface area contributed by atoms with E-state index < -0.39 is 11.6 Å². The summed E-state index contributed by atoms with van der Waals surface area (Å²) in [6, 6.07) is -0.427. The van der Waals surface area contributed by atoms with E-state index in [-0.39, 0.29) is 11.8 Å². The molecule has 0 radical (unpaired) electrons. The van der Waals surface area contributed by atoms with E-state index in [1.165, 1.54) is 0 Å². The SMILES string of the molecule is CCC1(CC)NC(=O)C(C)N(CCc2nccn2C)C1=O. The topological polar surface area (TPSA) is 67.2 Å². The fourth-order valence-corrected chi connectivity index (χ4v) is 2.87. The van der Waals surface area contributed by atoms with Crippen LogP contribution in [0.5, 0.6) is 0 Å². The number of nitrogens with zero attached hydrogens (tertiary/aromatic N) is 3. The number of aryl methyl sites for hydroxylation is 1. The second-order valence-corrected chi connectivity index (χ2v) is 5.66. The van der Waals surface area contributed by atoms with Crippen LogP contribution in [-0.2, 0) is 23.1 Å². The van der Waals surface area contributed by atoms with Crippen LogP contribution in [-0.4, -0.2) is 44.4 Å². The molecule has 1 saturated heterocycles. The molecule has 1 aliphatic heterocycles. The van der Waals surface area contributed by atoms with Gasteiger partial charge >= 0.3 is 0 Å². The van der Waals surface area contributed by atoms with E-state index in [9.17, 15) is 9.59 Å². The van der Waals surface area contributed by atoms with Crippen molar-refractivity contribution in [2.75, 3.05) is 6.54 Å². The van der Waals surface area contributed by atoms with E-state index in [2.05, 4.69) is 10.3 Å². The van der Waals surface area contributed by atoms with E-state index in [0.29, 0.717) is 25.8 Å². The minimum Gasteiger partial charge on any atom is -0.340 e. The van der Waals surface area contributed by atoms with Crippen LogP contribution in [0.2, 0.25) is 0 Å². The first-order valence-electron chi connectivity index (χ1n) is 7.54. The summed E-state index contributed by atoms with van der Waals surface area (Å²) in [5.74, 6) is 0.867. The van der Waals surface area contributed by atoms with Crippen molar-refractivity contribution in [2.24, 2.45) is 7.05 Å². The zero-order valence-electron chi connectivity index (χ0n) is 13.2. The van der Waals surface area contributed by atoms with Crippen molar-refractivity contribution in [3.05, 3.63) is 18.2 Å². The van der Waals surface area contributed by atoms with Gasteiger partial charge in [-0.3, -0.25) is 9.59 Å². The highest BCUT2D eigenvalue weighted by atomic mass is 16.2. The van der Waals surface area contributed by atoms with Crippen molar-refractivity contribution in [3.63, 3.8) is 0 Å². The summed E-state index contributed by atoms with van der Waals surface area (Å²) >= 11 is 0. The second kappa shape index (κ2) is 5.87. The molecule has 1 aromatic heterocycles. The van der Waals surface area contributed by atoms with Crippen LogP contribution in [0.3, 0.4) is 0 Å². The fourth-order valence-electron chi connectivity index (χ4n) is 2.87. The number of amides is 2. The molecule has 1 atom stereocenters. The Morgan fingerprint density at radius 1 is 1.33 bits per heavy atom. The van der Waals surface area contributed by atoms with Gasteiger partial charge in [0.25, 0.3) is 0 Å². The first-order chi connectivity index (χ1) is 9.95. The number of aromatic nitrogens is 2. The number of hydrogen-bond donors (Lipinski definition) is 1. The van der Waals surface area contributed by atoms with Gasteiger partial charge < -0.3 is 14.8 Å². The summed E-state index contributed by atoms with van der Waals surface area (Å²) in [5.41, 5.74) is -0.745. The van der Waals surface area contributed by atoms with E-state index in [4.69, 9.17) is 0 Å². The Kier molecular flexibility index (Phi) is 4.34. The zero-order chi connectivity index (χ0) is 15.6. The van der Waals surface area contributed by atoms with E-state index >= 15 is 0 Å². The molecule has 0 aromatic carbocycles. The van der Waals surface area contributed by atoms with Crippen LogP contribution < -0.4 is 5.32 Å². The molecular weight excluding hydrogens is 268 g/mol. The molecular formula is C15H24N4O2. The van der Waals surface area contributed by atoms with Gasteiger partial charge in [-0.15, -0.1) is 0 Å². The Morgan fingerprint density at radius 3 is 2.52 bits per heavy atom. The smallest absolute Gasteiger partial charge is 0.248 e. The molecule has 0 spiro atoms. The first-order valence-corrected chi connectivity index (χ1v) is 7.54. The molecule has 2 heterocycles. The quantitative estimate of drug-likeness (QED) is 0.875. The number of imidazole rings is 1. The zero-order valence-corrected chi connectivity index (χ0v) is 13.2. The fraction of sp³-hybridized carbons (Fsp3) is 0.667. The standard InChI is InChI=1S/C15H24N4O2/c1-5-15(6-2)14(21)19(11(3)13(20)17-15)9-7-12-16-8-10-18(12)4/h8,10-11H,5-7,9H2,1-4H3,(H,17,20). The number of hydrogen-bond acceptors (Lipinski definition) is 3. The number of nitrogens with one attached hydrogen (secondary N) is 1. The minimum absolute atomic E-state index is 0.0220. The molecule has 0 saturated carbocycles. The summed E-state index contributed by atoms with van der Waals surface area (Å²) in [5, 5.41) is 2.91. The highest BCUT2D eigenvalue weighted by Crippen LogP contribution is 2.25. The van der Waals surface area contributed by atoms with E-state index in [0.717, 1.165) is 5.82 Å². The van der Waals surface area contributed by atoms with Crippen molar-refractivity contribution in [2.45, 2.75) is 51.6 Å². The molecule has 116 valence electrons. The Labute approximate surface area is 125 Å². The molecule has 1 aliphatic rings. The predicted molar refractivity (Wildman–Crippen MR) is 79.5 cm³/mol. The molecule has 1 unspecified atom stereocenters. The van der Waals surface area contributed by atoms with Gasteiger partial charge in [0, 0.05) is 32.4 Å². The van der Waals surface area contributed by atoms with Gasteiger partial charge in [-0.25, -0.2) is 4.98 Å². The molecule has 2 amide bonds. The van der Waals surface area contributed by atoms with Crippen LogP contribution in [0.1, 0.15) is 39.4 Å². The molecule has 1 fully saturated rings. The van der Waals surface area contributed by atoms with Gasteiger partial charge in [0.2, 0.25) is 11.8 Å². The predicted octanol–water partition coefficient (Wildman–Crippen LogP) is 0.868. The van der Waals surface area contributed by atoms with Gasteiger partial charge in [-0.1, -0.05) is 13.8 Å². The average molecular weight is 292 g/mol. The lowest BCUT2D eigenvalue weighted by Gasteiger charge is -2.44. The molecule has 2 rings (SSSR count). The Balaban J connectivity index is 2.17. The lowest BCUT2D eigenvalue weighted by molar-refractivity contribution is -0.154. The Morgan fingerprint density at radius 2 is 2.00 bits per heavy atom. The van der Waals surface area contributed by atoms with Crippen LogP contribution in [0.4, 0.5) is 0 Å². The normalized spacial score (nSPS) is 21.5. The molecule has 1 aromatic rings. The molecule has 0 aliphatic carbocycles. The second-order valence-electron chi connectivity index (χ2n) is 5.66. The van der Waals surface area contributed by atoms with Crippen LogP contribution in [0, 0.1) is 0 Å². The third-order valence-electron chi connectivity index (χ3n) is 4.58. The van der Waals surface area contributed by atoms with Crippen molar-refractivity contribution in [1.82, 2.24) is 19.8 Å². The van der Waals surface area contributed by atoms with Gasteiger partial charge in [0.1, 0.15) is 17.4 Å². The van der Waals surface area contributed by atoms with Gasteiger partial charge in [0.15, 0.2) is 0 Å². The van der Waals surface area contributed by atoms with Gasteiger partial charge in [-0.05, 0) is 19.8 Å². The maximum atomic E-state index is 12.8. The summed E-state index contributed by atoms with van der Waals surface area (Å²) in [4.78, 5) is 30.9. The lowest BCUT2D eigenvalue weighted by atomic mass is 9.87. The first kappa shape index (κ1) is 15.5. The molecule has 6 nitrogen and oxygen atoms in total. The van der Waals surface area contributed by atoms with Crippen molar-refractivity contribution >= 4 is 11.8 Å². The number of piperazine rings is 1. The summed E-state index contributed by atoms with van der Waals surface area (Å²) in [7, 11) is 1.93. The van der Waals surface area contributed by atoms with Crippen molar-refractivity contribution < 1.29 is 9.59 Å². The number of carbonyl (C=O) groups is 2. The average Bonchev–Trinajstić information content (AvgIpc) is 2.88. The maximum Gasteiger partial charge on any atom is 0.248 e. The maximum absolute atomic E-state index is 12.8. The molecule has 6 heteroatoms. The van der Waals surface area contributed by atoms with Gasteiger partial charge in [-0.2, -0.15) is 0 Å². The summed E-state index contributed by atoms with van der Waals surface area (Å²) in [6.07, 6.45) is 5.49. The molecule has 1 N–H and O–H groups in total. The van der Waals surface area contributed by atoms with E-state index in [1.54, 1.807) is 18.0 Å².